The number of carbonyl (C=O) groups excluding carboxylic acids is 1. The van der Waals surface area contributed by atoms with Crippen molar-refractivity contribution in [1.82, 2.24) is 9.78 Å². The molecule has 0 atom stereocenters. The first-order chi connectivity index (χ1) is 7.54. The van der Waals surface area contributed by atoms with Gasteiger partial charge in [0.25, 0.3) is 0 Å². The van der Waals surface area contributed by atoms with Crippen molar-refractivity contribution in [2.45, 2.75) is 6.92 Å². The second-order valence-corrected chi connectivity index (χ2v) is 2.93. The van der Waals surface area contributed by atoms with Crippen LogP contribution in [-0.4, -0.2) is 27.3 Å². The number of ether oxygens (including phenoxy) is 1. The van der Waals surface area contributed by atoms with Gasteiger partial charge in [-0.1, -0.05) is 0 Å². The number of aryl methyl sites for hydroxylation is 1. The highest BCUT2D eigenvalue weighted by Crippen LogP contribution is 2.10. The predicted octanol–water partition coefficient (Wildman–Crippen LogP) is 0.844. The number of carbonyl (C=O) groups is 1. The second-order valence-electron chi connectivity index (χ2n) is 2.93. The lowest BCUT2D eigenvalue weighted by atomic mass is 10.2. The molecule has 1 heterocycles. The largest absolute Gasteiger partial charge is 0.461 e. The van der Waals surface area contributed by atoms with Gasteiger partial charge < -0.3 is 4.74 Å². The second kappa shape index (κ2) is 5.06. The van der Waals surface area contributed by atoms with Crippen molar-refractivity contribution in [2.75, 3.05) is 6.61 Å². The Hall–Kier alpha value is -2.18. The molecule has 7 heteroatoms. The van der Waals surface area contributed by atoms with E-state index in [1.807, 2.05) is 0 Å². The van der Waals surface area contributed by atoms with Crippen LogP contribution in [0.4, 0.5) is 0 Å². The quantitative estimate of drug-likeness (QED) is 0.430. The molecule has 86 valence electrons. The molecule has 0 aliphatic rings. The third-order valence-corrected chi connectivity index (χ3v) is 1.70. The van der Waals surface area contributed by atoms with Crippen molar-refractivity contribution >= 4 is 12.0 Å². The minimum atomic E-state index is -0.609. The SMILES string of the molecule is CCOC(=O)c1nn(C)cc1/C=C/[N+](=O)[O-]. The van der Waals surface area contributed by atoms with Crippen molar-refractivity contribution in [3.8, 4) is 0 Å². The van der Waals surface area contributed by atoms with Crippen LogP contribution in [0.15, 0.2) is 12.4 Å². The zero-order valence-electron chi connectivity index (χ0n) is 8.91. The van der Waals surface area contributed by atoms with E-state index in [1.165, 1.54) is 17.0 Å². The van der Waals surface area contributed by atoms with Crippen molar-refractivity contribution in [3.63, 3.8) is 0 Å². The Bertz CT molecular complexity index is 436. The Morgan fingerprint density at radius 1 is 1.75 bits per heavy atom. The first-order valence-electron chi connectivity index (χ1n) is 4.57. The van der Waals surface area contributed by atoms with Crippen molar-refractivity contribution in [1.29, 1.82) is 0 Å². The van der Waals surface area contributed by atoms with E-state index < -0.39 is 10.9 Å². The summed E-state index contributed by atoms with van der Waals surface area (Å²) in [5, 5.41) is 14.0. The van der Waals surface area contributed by atoms with Crippen LogP contribution < -0.4 is 0 Å². The van der Waals surface area contributed by atoms with Crippen molar-refractivity contribution in [2.24, 2.45) is 7.05 Å². The molecule has 0 N–H and O–H groups in total. The summed E-state index contributed by atoms with van der Waals surface area (Å²) >= 11 is 0. The maximum atomic E-state index is 11.4. The molecule has 16 heavy (non-hydrogen) atoms. The summed E-state index contributed by atoms with van der Waals surface area (Å²) in [6.45, 7) is 1.90. The minimum absolute atomic E-state index is 0.0717. The van der Waals surface area contributed by atoms with Gasteiger partial charge in [-0.2, -0.15) is 5.10 Å². The molecule has 1 aromatic rings. The maximum absolute atomic E-state index is 11.4. The van der Waals surface area contributed by atoms with Gasteiger partial charge in [-0.15, -0.1) is 0 Å². The summed E-state index contributed by atoms with van der Waals surface area (Å²) in [4.78, 5) is 21.0. The topological polar surface area (TPSA) is 87.3 Å². The number of rotatable bonds is 4. The van der Waals surface area contributed by atoms with Crippen molar-refractivity contribution < 1.29 is 14.5 Å². The number of nitrogens with zero attached hydrogens (tertiary/aromatic N) is 3. The van der Waals surface area contributed by atoms with Crippen LogP contribution in [-0.2, 0) is 11.8 Å². The standard InChI is InChI=1S/C9H11N3O4/c1-3-16-9(13)8-7(4-5-12(14)15)6-11(2)10-8/h4-6H,3H2,1-2H3/b5-4+. The molecular weight excluding hydrogens is 214 g/mol. The predicted molar refractivity (Wildman–Crippen MR) is 55.2 cm³/mol. The highest BCUT2D eigenvalue weighted by atomic mass is 16.6. The lowest BCUT2D eigenvalue weighted by Gasteiger charge is -1.97. The van der Waals surface area contributed by atoms with Gasteiger partial charge in [0.2, 0.25) is 6.20 Å². The number of hydrogen-bond donors (Lipinski definition) is 0. The third kappa shape index (κ3) is 2.91. The molecule has 0 aliphatic heterocycles. The lowest BCUT2D eigenvalue weighted by Crippen LogP contribution is -2.07. The summed E-state index contributed by atoms with van der Waals surface area (Å²) in [5.74, 6) is -0.592. The van der Waals surface area contributed by atoms with Crippen LogP contribution in [0.25, 0.3) is 6.08 Å². The molecule has 0 spiro atoms. The van der Waals surface area contributed by atoms with E-state index in [9.17, 15) is 14.9 Å². The van der Waals surface area contributed by atoms with Gasteiger partial charge in [0.15, 0.2) is 5.69 Å². The fourth-order valence-electron chi connectivity index (χ4n) is 1.13. The molecule has 0 saturated heterocycles. The summed E-state index contributed by atoms with van der Waals surface area (Å²) in [6.07, 6.45) is 3.46. The Labute approximate surface area is 91.5 Å². The van der Waals surface area contributed by atoms with Crippen LogP contribution in [0.3, 0.4) is 0 Å². The highest BCUT2D eigenvalue weighted by molar-refractivity contribution is 5.91. The molecule has 0 radical (unpaired) electrons. The number of nitro groups is 1. The van der Waals surface area contributed by atoms with Crippen LogP contribution in [0.5, 0.6) is 0 Å². The Balaban J connectivity index is 3.00. The zero-order chi connectivity index (χ0) is 12.1. The number of aromatic nitrogens is 2. The molecule has 0 bridgehead atoms. The van der Waals surface area contributed by atoms with Gasteiger partial charge in [0.1, 0.15) is 0 Å². The van der Waals surface area contributed by atoms with Gasteiger partial charge in [0, 0.05) is 24.9 Å². The van der Waals surface area contributed by atoms with Crippen LogP contribution in [0, 0.1) is 10.1 Å². The Morgan fingerprint density at radius 2 is 2.44 bits per heavy atom. The van der Waals surface area contributed by atoms with Gasteiger partial charge >= 0.3 is 5.97 Å². The molecule has 0 unspecified atom stereocenters. The monoisotopic (exact) mass is 225 g/mol. The normalized spacial score (nSPS) is 10.6. The molecule has 0 aliphatic carbocycles. The average molecular weight is 225 g/mol. The lowest BCUT2D eigenvalue weighted by molar-refractivity contribution is -0.400. The van der Waals surface area contributed by atoms with Gasteiger partial charge in [-0.3, -0.25) is 14.8 Å². The Morgan fingerprint density at radius 3 is 3.00 bits per heavy atom. The van der Waals surface area contributed by atoms with Gasteiger partial charge in [-0.05, 0) is 6.92 Å². The molecule has 0 saturated carbocycles. The summed E-state index contributed by atoms with van der Waals surface area (Å²) < 4.78 is 6.16. The van der Waals surface area contributed by atoms with E-state index >= 15 is 0 Å². The van der Waals surface area contributed by atoms with E-state index in [0.29, 0.717) is 5.56 Å². The average Bonchev–Trinajstić information content (AvgIpc) is 2.57. The van der Waals surface area contributed by atoms with E-state index in [4.69, 9.17) is 4.74 Å². The third-order valence-electron chi connectivity index (χ3n) is 1.70. The van der Waals surface area contributed by atoms with Crippen LogP contribution in [0.2, 0.25) is 0 Å². The first-order valence-corrected chi connectivity index (χ1v) is 4.57. The zero-order valence-corrected chi connectivity index (χ0v) is 8.91. The number of hydrogen-bond acceptors (Lipinski definition) is 5. The van der Waals surface area contributed by atoms with Gasteiger partial charge in [0.05, 0.1) is 11.5 Å². The van der Waals surface area contributed by atoms with Crippen LogP contribution in [0.1, 0.15) is 23.0 Å². The van der Waals surface area contributed by atoms with Crippen molar-refractivity contribution in [3.05, 3.63) is 33.8 Å². The molecule has 1 aromatic heterocycles. The Kier molecular flexibility index (Phi) is 3.76. The van der Waals surface area contributed by atoms with E-state index in [1.54, 1.807) is 14.0 Å². The first kappa shape index (κ1) is 11.9. The molecule has 7 nitrogen and oxygen atoms in total. The van der Waals surface area contributed by atoms with E-state index in [2.05, 4.69) is 5.10 Å². The fourth-order valence-corrected chi connectivity index (χ4v) is 1.13. The van der Waals surface area contributed by atoms with E-state index in [0.717, 1.165) is 6.20 Å². The van der Waals surface area contributed by atoms with Crippen LogP contribution >= 0.6 is 0 Å². The number of esters is 1. The molecular formula is C9H11N3O4. The minimum Gasteiger partial charge on any atom is -0.461 e. The molecule has 0 fully saturated rings. The maximum Gasteiger partial charge on any atom is 0.359 e. The molecule has 1 rings (SSSR count). The highest BCUT2D eigenvalue weighted by Gasteiger charge is 2.15. The fraction of sp³-hybridized carbons (Fsp3) is 0.333. The summed E-state index contributed by atoms with van der Waals surface area (Å²) in [5.41, 5.74) is 0.431. The molecule has 0 aromatic carbocycles. The van der Waals surface area contributed by atoms with E-state index in [-0.39, 0.29) is 12.3 Å². The van der Waals surface area contributed by atoms with Gasteiger partial charge in [-0.25, -0.2) is 4.79 Å². The molecule has 0 amide bonds. The smallest absolute Gasteiger partial charge is 0.359 e. The summed E-state index contributed by atoms with van der Waals surface area (Å²) in [7, 11) is 1.62. The summed E-state index contributed by atoms with van der Waals surface area (Å²) in [6, 6.07) is 0.